The second kappa shape index (κ2) is 4.80. The van der Waals surface area contributed by atoms with E-state index < -0.39 is 5.91 Å². The molecule has 0 radical (unpaired) electrons. The lowest BCUT2D eigenvalue weighted by Gasteiger charge is -2.06. The maximum atomic E-state index is 11.8. The summed E-state index contributed by atoms with van der Waals surface area (Å²) in [7, 11) is 0. The Morgan fingerprint density at radius 2 is 1.94 bits per heavy atom. The molecular weight excluding hydrogens is 242 g/mol. The van der Waals surface area contributed by atoms with E-state index in [1.807, 2.05) is 0 Å². The van der Waals surface area contributed by atoms with Gasteiger partial charge in [-0.25, -0.2) is 9.97 Å². The Morgan fingerprint density at radius 3 is 2.65 bits per heavy atom. The van der Waals surface area contributed by atoms with Gasteiger partial charge in [0, 0.05) is 12.4 Å². The standard InChI is InChI=1S/C11H8ClN3O2/c12-10-7(3-1-6-14-10)15-11(17)9-8(16)4-2-5-13-9/h1-6,16H,(H,15,17). The highest BCUT2D eigenvalue weighted by Crippen LogP contribution is 2.20. The molecule has 0 aliphatic heterocycles. The first kappa shape index (κ1) is 11.3. The van der Waals surface area contributed by atoms with Gasteiger partial charge in [0.15, 0.2) is 10.8 Å². The highest BCUT2D eigenvalue weighted by atomic mass is 35.5. The molecule has 6 heteroatoms. The fraction of sp³-hybridized carbons (Fsp3) is 0. The second-order valence-corrected chi connectivity index (χ2v) is 3.53. The summed E-state index contributed by atoms with van der Waals surface area (Å²) in [5.41, 5.74) is 0.302. The number of rotatable bonds is 2. The highest BCUT2D eigenvalue weighted by Gasteiger charge is 2.13. The number of nitrogens with one attached hydrogen (secondary N) is 1. The average Bonchev–Trinajstić information content (AvgIpc) is 2.32. The minimum atomic E-state index is -0.544. The Labute approximate surface area is 102 Å². The van der Waals surface area contributed by atoms with Crippen LogP contribution in [0.25, 0.3) is 0 Å². The molecule has 0 spiro atoms. The summed E-state index contributed by atoms with van der Waals surface area (Å²) >= 11 is 5.79. The van der Waals surface area contributed by atoms with Gasteiger partial charge in [-0.05, 0) is 24.3 Å². The summed E-state index contributed by atoms with van der Waals surface area (Å²) in [6, 6.07) is 6.16. The highest BCUT2D eigenvalue weighted by molar-refractivity contribution is 6.32. The molecule has 0 unspecified atom stereocenters. The molecule has 0 saturated heterocycles. The van der Waals surface area contributed by atoms with Crippen LogP contribution < -0.4 is 5.32 Å². The summed E-state index contributed by atoms with van der Waals surface area (Å²) in [5.74, 6) is -0.733. The molecule has 86 valence electrons. The maximum absolute atomic E-state index is 11.8. The molecule has 17 heavy (non-hydrogen) atoms. The first-order valence-corrected chi connectivity index (χ1v) is 5.12. The number of nitrogens with zero attached hydrogens (tertiary/aromatic N) is 2. The van der Waals surface area contributed by atoms with Crippen LogP contribution in [0.5, 0.6) is 5.75 Å². The molecule has 0 aliphatic carbocycles. The third-order valence-electron chi connectivity index (χ3n) is 2.01. The summed E-state index contributed by atoms with van der Waals surface area (Å²) in [6.07, 6.45) is 2.93. The van der Waals surface area contributed by atoms with Crippen molar-refractivity contribution in [1.82, 2.24) is 9.97 Å². The first-order chi connectivity index (χ1) is 8.18. The monoisotopic (exact) mass is 249 g/mol. The number of amides is 1. The molecule has 0 aliphatic rings. The number of aromatic nitrogens is 2. The number of carbonyl (C=O) groups is 1. The van der Waals surface area contributed by atoms with Gasteiger partial charge in [-0.1, -0.05) is 11.6 Å². The Bertz CT molecular complexity index is 560. The van der Waals surface area contributed by atoms with E-state index in [0.717, 1.165) is 0 Å². The van der Waals surface area contributed by atoms with Crippen molar-refractivity contribution in [2.75, 3.05) is 5.32 Å². The third kappa shape index (κ3) is 2.51. The largest absolute Gasteiger partial charge is 0.505 e. The van der Waals surface area contributed by atoms with E-state index in [1.54, 1.807) is 12.1 Å². The molecule has 2 rings (SSSR count). The van der Waals surface area contributed by atoms with Crippen molar-refractivity contribution in [3.05, 3.63) is 47.5 Å². The van der Waals surface area contributed by atoms with Gasteiger partial charge < -0.3 is 10.4 Å². The van der Waals surface area contributed by atoms with Crippen LogP contribution in [0.4, 0.5) is 5.69 Å². The molecule has 0 bridgehead atoms. The Kier molecular flexibility index (Phi) is 3.20. The summed E-state index contributed by atoms with van der Waals surface area (Å²) in [5, 5.41) is 12.1. The second-order valence-electron chi connectivity index (χ2n) is 3.17. The van der Waals surface area contributed by atoms with Crippen LogP contribution in [0.15, 0.2) is 36.7 Å². The summed E-state index contributed by atoms with van der Waals surface area (Å²) in [4.78, 5) is 19.4. The van der Waals surface area contributed by atoms with E-state index in [1.165, 1.54) is 24.5 Å². The van der Waals surface area contributed by atoms with Gasteiger partial charge in [-0.2, -0.15) is 0 Å². The topological polar surface area (TPSA) is 75.1 Å². The Morgan fingerprint density at radius 1 is 1.24 bits per heavy atom. The lowest BCUT2D eigenvalue weighted by Crippen LogP contribution is -2.14. The van der Waals surface area contributed by atoms with Crippen LogP contribution >= 0.6 is 11.6 Å². The number of anilines is 1. The normalized spacial score (nSPS) is 9.94. The molecule has 0 atom stereocenters. The molecule has 0 aromatic carbocycles. The average molecular weight is 250 g/mol. The quantitative estimate of drug-likeness (QED) is 0.799. The lowest BCUT2D eigenvalue weighted by atomic mass is 10.3. The first-order valence-electron chi connectivity index (χ1n) is 4.74. The van der Waals surface area contributed by atoms with Gasteiger partial charge in [0.05, 0.1) is 5.69 Å². The van der Waals surface area contributed by atoms with Crippen molar-refractivity contribution < 1.29 is 9.90 Å². The van der Waals surface area contributed by atoms with Crippen LogP contribution in [-0.4, -0.2) is 21.0 Å². The van der Waals surface area contributed by atoms with E-state index >= 15 is 0 Å². The number of hydrogen-bond donors (Lipinski definition) is 2. The smallest absolute Gasteiger partial charge is 0.278 e. The SMILES string of the molecule is O=C(Nc1cccnc1Cl)c1ncccc1O. The zero-order valence-electron chi connectivity index (χ0n) is 8.59. The van der Waals surface area contributed by atoms with Crippen molar-refractivity contribution in [2.24, 2.45) is 0 Å². The van der Waals surface area contributed by atoms with Gasteiger partial charge in [-0.15, -0.1) is 0 Å². The number of hydrogen-bond acceptors (Lipinski definition) is 4. The zero-order valence-corrected chi connectivity index (χ0v) is 9.35. The molecular formula is C11H8ClN3O2. The molecule has 2 heterocycles. The molecule has 0 fully saturated rings. The Balaban J connectivity index is 2.24. The van der Waals surface area contributed by atoms with Gasteiger partial charge in [0.1, 0.15) is 5.75 Å². The van der Waals surface area contributed by atoms with Crippen molar-refractivity contribution in [3.63, 3.8) is 0 Å². The number of halogens is 1. The predicted octanol–water partition coefficient (Wildman–Crippen LogP) is 2.09. The van der Waals surface area contributed by atoms with E-state index in [-0.39, 0.29) is 16.6 Å². The third-order valence-corrected chi connectivity index (χ3v) is 2.31. The summed E-state index contributed by atoms with van der Waals surface area (Å²) < 4.78 is 0. The van der Waals surface area contributed by atoms with Gasteiger partial charge in [-0.3, -0.25) is 4.79 Å². The van der Waals surface area contributed by atoms with Gasteiger partial charge in [0.2, 0.25) is 0 Å². The maximum Gasteiger partial charge on any atom is 0.278 e. The molecule has 0 saturated carbocycles. The van der Waals surface area contributed by atoms with Crippen LogP contribution in [0.3, 0.4) is 0 Å². The minimum Gasteiger partial charge on any atom is -0.505 e. The van der Waals surface area contributed by atoms with Crippen LogP contribution in [0.1, 0.15) is 10.5 Å². The Hall–Kier alpha value is -2.14. The number of aromatic hydroxyl groups is 1. The van der Waals surface area contributed by atoms with Crippen molar-refractivity contribution in [1.29, 1.82) is 0 Å². The van der Waals surface area contributed by atoms with E-state index in [9.17, 15) is 9.90 Å². The van der Waals surface area contributed by atoms with Crippen LogP contribution in [0.2, 0.25) is 5.15 Å². The van der Waals surface area contributed by atoms with Crippen molar-refractivity contribution >= 4 is 23.2 Å². The number of carbonyl (C=O) groups excluding carboxylic acids is 1. The predicted molar refractivity (Wildman–Crippen MR) is 63.1 cm³/mol. The molecule has 2 aromatic heterocycles. The zero-order chi connectivity index (χ0) is 12.3. The molecule has 2 aromatic rings. The van der Waals surface area contributed by atoms with Gasteiger partial charge >= 0.3 is 0 Å². The minimum absolute atomic E-state index is 0.0626. The lowest BCUT2D eigenvalue weighted by molar-refractivity contribution is 0.101. The number of pyridine rings is 2. The van der Waals surface area contributed by atoms with Crippen LogP contribution in [0, 0.1) is 0 Å². The van der Waals surface area contributed by atoms with E-state index in [0.29, 0.717) is 5.69 Å². The molecule has 5 nitrogen and oxygen atoms in total. The summed E-state index contributed by atoms with van der Waals surface area (Å²) in [6.45, 7) is 0. The van der Waals surface area contributed by atoms with E-state index in [4.69, 9.17) is 11.6 Å². The van der Waals surface area contributed by atoms with Gasteiger partial charge in [0.25, 0.3) is 5.91 Å². The molecule has 1 amide bonds. The van der Waals surface area contributed by atoms with Crippen LogP contribution in [-0.2, 0) is 0 Å². The molecule has 2 N–H and O–H groups in total. The van der Waals surface area contributed by atoms with E-state index in [2.05, 4.69) is 15.3 Å². The van der Waals surface area contributed by atoms with Crippen molar-refractivity contribution in [3.8, 4) is 5.75 Å². The van der Waals surface area contributed by atoms with Crippen molar-refractivity contribution in [2.45, 2.75) is 0 Å². The fourth-order valence-corrected chi connectivity index (χ4v) is 1.40. The fourth-order valence-electron chi connectivity index (χ4n) is 1.23.